The summed E-state index contributed by atoms with van der Waals surface area (Å²) in [6, 6.07) is 9.43. The Morgan fingerprint density at radius 3 is 2.17 bits per heavy atom. The number of benzene rings is 1. The maximum atomic E-state index is 13.0. The minimum absolute atomic E-state index is 0.377. The Labute approximate surface area is 178 Å². The molecule has 160 valence electrons. The zero-order valence-electron chi connectivity index (χ0n) is 17.7. The normalized spacial score (nSPS) is 25.4. The smallest absolute Gasteiger partial charge is 0.225 e. The average Bonchev–Trinajstić information content (AvgIpc) is 3.25. The molecule has 3 aliphatic rings. The molecule has 2 aromatic rings. The monoisotopic (exact) mass is 409 g/mol. The van der Waals surface area contributed by atoms with E-state index in [9.17, 15) is 4.39 Å². The van der Waals surface area contributed by atoms with Crippen LogP contribution in [0, 0.1) is 11.7 Å². The molecule has 2 aliphatic heterocycles. The van der Waals surface area contributed by atoms with Crippen molar-refractivity contribution in [2.24, 2.45) is 5.92 Å². The molecule has 0 amide bonds. The number of nitrogens with zero attached hydrogens (tertiary/aromatic N) is 5. The molecule has 0 N–H and O–H groups in total. The summed E-state index contributed by atoms with van der Waals surface area (Å²) in [5.74, 6) is 1.82. The van der Waals surface area contributed by atoms with Crippen molar-refractivity contribution in [3.8, 4) is 0 Å². The Morgan fingerprint density at radius 1 is 0.833 bits per heavy atom. The fourth-order valence-electron chi connectivity index (χ4n) is 5.22. The molecule has 5 rings (SSSR count). The fourth-order valence-corrected chi connectivity index (χ4v) is 5.22. The number of halogens is 1. The third-order valence-electron chi connectivity index (χ3n) is 7.07. The highest BCUT2D eigenvalue weighted by Gasteiger charge is 2.32. The molecule has 1 aliphatic carbocycles. The van der Waals surface area contributed by atoms with E-state index >= 15 is 0 Å². The SMILES string of the molecule is Fc1cnc(N2CCN(C[C@H]3C[C@H](c4ccc(CN5CCCC5)cc4)C3)CC2)nc1. The zero-order valence-corrected chi connectivity index (χ0v) is 17.7. The second-order valence-corrected chi connectivity index (χ2v) is 9.25. The molecular weight excluding hydrogens is 377 g/mol. The molecule has 3 fully saturated rings. The number of likely N-dealkylation sites (tertiary alicyclic amines) is 1. The highest BCUT2D eigenvalue weighted by atomic mass is 19.1. The van der Waals surface area contributed by atoms with Crippen LogP contribution in [0.4, 0.5) is 10.3 Å². The van der Waals surface area contributed by atoms with Gasteiger partial charge in [-0.3, -0.25) is 9.80 Å². The van der Waals surface area contributed by atoms with E-state index in [1.54, 1.807) is 0 Å². The van der Waals surface area contributed by atoms with E-state index in [1.807, 2.05) is 0 Å². The van der Waals surface area contributed by atoms with Crippen molar-refractivity contribution in [1.82, 2.24) is 19.8 Å². The van der Waals surface area contributed by atoms with Crippen LogP contribution in [0.1, 0.15) is 42.7 Å². The zero-order chi connectivity index (χ0) is 20.3. The number of hydrogen-bond acceptors (Lipinski definition) is 5. The number of hydrogen-bond donors (Lipinski definition) is 0. The van der Waals surface area contributed by atoms with Crippen LogP contribution in [-0.4, -0.2) is 65.6 Å². The predicted molar refractivity (Wildman–Crippen MR) is 117 cm³/mol. The van der Waals surface area contributed by atoms with Gasteiger partial charge in [-0.25, -0.2) is 14.4 Å². The van der Waals surface area contributed by atoms with Gasteiger partial charge in [0, 0.05) is 39.3 Å². The first-order chi connectivity index (χ1) is 14.7. The van der Waals surface area contributed by atoms with Gasteiger partial charge in [0.15, 0.2) is 5.82 Å². The Morgan fingerprint density at radius 2 is 1.50 bits per heavy atom. The maximum Gasteiger partial charge on any atom is 0.225 e. The maximum absolute atomic E-state index is 13.0. The van der Waals surface area contributed by atoms with Crippen molar-refractivity contribution in [3.05, 3.63) is 53.6 Å². The van der Waals surface area contributed by atoms with Gasteiger partial charge in [-0.15, -0.1) is 0 Å². The van der Waals surface area contributed by atoms with Crippen LogP contribution in [0.5, 0.6) is 0 Å². The molecule has 1 aromatic heterocycles. The van der Waals surface area contributed by atoms with E-state index in [4.69, 9.17) is 0 Å². The number of piperazine rings is 1. The van der Waals surface area contributed by atoms with Gasteiger partial charge >= 0.3 is 0 Å². The summed E-state index contributed by atoms with van der Waals surface area (Å²) in [6.07, 6.45) is 7.84. The van der Waals surface area contributed by atoms with Crippen LogP contribution in [0.25, 0.3) is 0 Å². The fraction of sp³-hybridized carbons (Fsp3) is 0.583. The molecule has 0 bridgehead atoms. The third-order valence-corrected chi connectivity index (χ3v) is 7.07. The Kier molecular flexibility index (Phi) is 5.95. The number of aromatic nitrogens is 2. The molecule has 0 unspecified atom stereocenters. The predicted octanol–water partition coefficient (Wildman–Crippen LogP) is 3.53. The summed E-state index contributed by atoms with van der Waals surface area (Å²) in [5, 5.41) is 0. The first kappa shape index (κ1) is 19.9. The molecule has 0 spiro atoms. The van der Waals surface area contributed by atoms with Crippen LogP contribution in [0.3, 0.4) is 0 Å². The van der Waals surface area contributed by atoms with Crippen molar-refractivity contribution >= 4 is 5.95 Å². The third kappa shape index (κ3) is 4.65. The summed E-state index contributed by atoms with van der Waals surface area (Å²) < 4.78 is 13.0. The van der Waals surface area contributed by atoms with Crippen molar-refractivity contribution in [1.29, 1.82) is 0 Å². The quantitative estimate of drug-likeness (QED) is 0.729. The van der Waals surface area contributed by atoms with Crippen molar-refractivity contribution in [2.45, 2.75) is 38.1 Å². The van der Waals surface area contributed by atoms with E-state index in [-0.39, 0.29) is 5.82 Å². The lowest BCUT2D eigenvalue weighted by atomic mass is 9.71. The molecular formula is C24H32FN5. The van der Waals surface area contributed by atoms with Crippen LogP contribution in [-0.2, 0) is 6.54 Å². The molecule has 0 radical (unpaired) electrons. The van der Waals surface area contributed by atoms with E-state index in [2.05, 4.69) is 48.9 Å². The van der Waals surface area contributed by atoms with Gasteiger partial charge in [-0.2, -0.15) is 0 Å². The highest BCUT2D eigenvalue weighted by Crippen LogP contribution is 2.42. The number of anilines is 1. The average molecular weight is 410 g/mol. The summed E-state index contributed by atoms with van der Waals surface area (Å²) in [7, 11) is 0. The molecule has 2 saturated heterocycles. The van der Waals surface area contributed by atoms with Crippen molar-refractivity contribution in [3.63, 3.8) is 0 Å². The van der Waals surface area contributed by atoms with Gasteiger partial charge in [0.1, 0.15) is 0 Å². The van der Waals surface area contributed by atoms with E-state index in [1.165, 1.54) is 68.8 Å². The molecule has 6 heteroatoms. The van der Waals surface area contributed by atoms with Crippen LogP contribution >= 0.6 is 0 Å². The largest absolute Gasteiger partial charge is 0.338 e. The second-order valence-electron chi connectivity index (χ2n) is 9.25. The summed E-state index contributed by atoms with van der Waals surface area (Å²) in [4.78, 5) is 15.5. The molecule has 0 atom stereocenters. The molecule has 1 saturated carbocycles. The second kappa shape index (κ2) is 8.98. The lowest BCUT2D eigenvalue weighted by molar-refractivity contribution is 0.152. The number of rotatable bonds is 6. The van der Waals surface area contributed by atoms with Gasteiger partial charge in [0.25, 0.3) is 0 Å². The van der Waals surface area contributed by atoms with Gasteiger partial charge in [-0.05, 0) is 61.7 Å². The van der Waals surface area contributed by atoms with Gasteiger partial charge < -0.3 is 4.90 Å². The van der Waals surface area contributed by atoms with E-state index in [0.29, 0.717) is 5.95 Å². The minimum atomic E-state index is -0.377. The van der Waals surface area contributed by atoms with Gasteiger partial charge in [-0.1, -0.05) is 24.3 Å². The van der Waals surface area contributed by atoms with Crippen molar-refractivity contribution < 1.29 is 4.39 Å². The molecule has 3 heterocycles. The lowest BCUT2D eigenvalue weighted by Crippen LogP contribution is -2.49. The Hall–Kier alpha value is -2.05. The minimum Gasteiger partial charge on any atom is -0.338 e. The first-order valence-electron chi connectivity index (χ1n) is 11.5. The van der Waals surface area contributed by atoms with Crippen LogP contribution in [0.2, 0.25) is 0 Å². The van der Waals surface area contributed by atoms with Crippen molar-refractivity contribution in [2.75, 3.05) is 50.7 Å². The van der Waals surface area contributed by atoms with E-state index < -0.39 is 0 Å². The Balaban J connectivity index is 1.04. The topological polar surface area (TPSA) is 35.5 Å². The highest BCUT2D eigenvalue weighted by molar-refractivity contribution is 5.30. The molecule has 1 aromatic carbocycles. The molecule has 30 heavy (non-hydrogen) atoms. The summed E-state index contributed by atoms with van der Waals surface area (Å²) in [5.41, 5.74) is 2.98. The van der Waals surface area contributed by atoms with E-state index in [0.717, 1.165) is 44.6 Å². The first-order valence-corrected chi connectivity index (χ1v) is 11.5. The summed E-state index contributed by atoms with van der Waals surface area (Å²) in [6.45, 7) is 8.74. The lowest BCUT2D eigenvalue weighted by Gasteiger charge is -2.41. The van der Waals surface area contributed by atoms with Crippen LogP contribution < -0.4 is 4.90 Å². The molecule has 5 nitrogen and oxygen atoms in total. The Bertz CT molecular complexity index is 804. The van der Waals surface area contributed by atoms with Crippen LogP contribution in [0.15, 0.2) is 36.7 Å². The van der Waals surface area contributed by atoms with Gasteiger partial charge in [0.05, 0.1) is 12.4 Å². The summed E-state index contributed by atoms with van der Waals surface area (Å²) >= 11 is 0. The standard InChI is InChI=1S/C24H32FN5/c25-23-15-26-24(27-16-23)30-11-9-29(10-12-30)18-20-13-22(14-20)21-5-3-19(4-6-21)17-28-7-1-2-8-28/h3-6,15-16,20,22H,1-2,7-14,17-18H2/t20-,22-. The van der Waals surface area contributed by atoms with Gasteiger partial charge in [0.2, 0.25) is 5.95 Å².